The fourth-order valence-electron chi connectivity index (χ4n) is 1.99. The highest BCUT2D eigenvalue weighted by Crippen LogP contribution is 2.14. The summed E-state index contributed by atoms with van der Waals surface area (Å²) in [5, 5.41) is 8.94. The molecule has 1 aliphatic rings. The lowest BCUT2D eigenvalue weighted by Crippen LogP contribution is -2.24. The van der Waals surface area contributed by atoms with Crippen LogP contribution < -0.4 is 0 Å². The van der Waals surface area contributed by atoms with Crippen molar-refractivity contribution in [1.29, 1.82) is 5.26 Å². The van der Waals surface area contributed by atoms with Crippen molar-refractivity contribution >= 4 is 0 Å². The molecule has 0 spiro atoms. The predicted molar refractivity (Wildman–Crippen MR) is 64.4 cm³/mol. The summed E-state index contributed by atoms with van der Waals surface area (Å²) >= 11 is 0. The maximum atomic E-state index is 8.94. The quantitative estimate of drug-likeness (QED) is 0.800. The van der Waals surface area contributed by atoms with E-state index in [1.807, 2.05) is 24.3 Å². The zero-order valence-corrected chi connectivity index (χ0v) is 9.89. The van der Waals surface area contributed by atoms with Crippen LogP contribution in [0, 0.1) is 11.3 Å². The first-order valence-electron chi connectivity index (χ1n) is 6.07. The van der Waals surface area contributed by atoms with E-state index >= 15 is 0 Å². The molecule has 1 aromatic rings. The van der Waals surface area contributed by atoms with E-state index in [0.29, 0.717) is 18.8 Å². The van der Waals surface area contributed by atoms with Crippen LogP contribution in [0.3, 0.4) is 0 Å². The molecule has 0 aromatic heterocycles. The van der Waals surface area contributed by atoms with Crippen LogP contribution in [0.5, 0.6) is 0 Å². The summed E-state index contributed by atoms with van der Waals surface area (Å²) in [7, 11) is 0. The Hall–Kier alpha value is -1.37. The van der Waals surface area contributed by atoms with Gasteiger partial charge in [0.2, 0.25) is 0 Å². The van der Waals surface area contributed by atoms with Gasteiger partial charge >= 0.3 is 0 Å². The standard InChI is InChI=1S/C14H17NO2/c15-9-12-5-1-2-6-13(12)10-16-11-14-7-3-4-8-17-14/h1-2,5-6,14H,3-4,7-8,10-11H2. The van der Waals surface area contributed by atoms with Crippen molar-refractivity contribution in [2.75, 3.05) is 13.2 Å². The first kappa shape index (κ1) is 12.1. The van der Waals surface area contributed by atoms with Gasteiger partial charge in [-0.25, -0.2) is 0 Å². The lowest BCUT2D eigenvalue weighted by atomic mass is 10.1. The first-order chi connectivity index (χ1) is 8.40. The normalized spacial score (nSPS) is 19.8. The molecular formula is C14H17NO2. The summed E-state index contributed by atoms with van der Waals surface area (Å²) < 4.78 is 11.2. The van der Waals surface area contributed by atoms with Crippen molar-refractivity contribution in [2.24, 2.45) is 0 Å². The molecule has 1 aromatic carbocycles. The zero-order chi connectivity index (χ0) is 11.9. The number of hydrogen-bond acceptors (Lipinski definition) is 3. The Kier molecular flexibility index (Phi) is 4.54. The molecule has 1 atom stereocenters. The lowest BCUT2D eigenvalue weighted by molar-refractivity contribution is -0.0447. The molecule has 0 bridgehead atoms. The Labute approximate surface area is 102 Å². The molecule has 1 aliphatic heterocycles. The van der Waals surface area contributed by atoms with Gasteiger partial charge in [0.1, 0.15) is 0 Å². The van der Waals surface area contributed by atoms with Crippen LogP contribution in [-0.4, -0.2) is 19.3 Å². The minimum absolute atomic E-state index is 0.234. The molecule has 0 amide bonds. The second-order valence-electron chi connectivity index (χ2n) is 4.27. The van der Waals surface area contributed by atoms with Crippen molar-refractivity contribution in [2.45, 2.75) is 32.0 Å². The average molecular weight is 231 g/mol. The number of hydrogen-bond donors (Lipinski definition) is 0. The summed E-state index contributed by atoms with van der Waals surface area (Å²) in [5.41, 5.74) is 1.64. The summed E-state index contributed by atoms with van der Waals surface area (Å²) in [6.45, 7) is 1.96. The van der Waals surface area contributed by atoms with Gasteiger partial charge in [-0.05, 0) is 30.9 Å². The van der Waals surface area contributed by atoms with Gasteiger partial charge in [-0.3, -0.25) is 0 Å². The maximum absolute atomic E-state index is 8.94. The van der Waals surface area contributed by atoms with Crippen LogP contribution in [0.25, 0.3) is 0 Å². The molecule has 90 valence electrons. The SMILES string of the molecule is N#Cc1ccccc1COCC1CCCCO1. The van der Waals surface area contributed by atoms with Gasteiger partial charge in [0.25, 0.3) is 0 Å². The maximum Gasteiger partial charge on any atom is 0.0995 e. The molecular weight excluding hydrogens is 214 g/mol. The molecule has 17 heavy (non-hydrogen) atoms. The van der Waals surface area contributed by atoms with E-state index < -0.39 is 0 Å². The fourth-order valence-corrected chi connectivity index (χ4v) is 1.99. The van der Waals surface area contributed by atoms with E-state index in [1.165, 1.54) is 6.42 Å². The second kappa shape index (κ2) is 6.39. The van der Waals surface area contributed by atoms with E-state index in [-0.39, 0.29) is 6.10 Å². The number of ether oxygens (including phenoxy) is 2. The van der Waals surface area contributed by atoms with Gasteiger partial charge in [-0.1, -0.05) is 18.2 Å². The smallest absolute Gasteiger partial charge is 0.0995 e. The highest BCUT2D eigenvalue weighted by atomic mass is 16.5. The number of benzene rings is 1. The topological polar surface area (TPSA) is 42.2 Å². The third-order valence-corrected chi connectivity index (χ3v) is 2.97. The van der Waals surface area contributed by atoms with E-state index in [4.69, 9.17) is 14.7 Å². The van der Waals surface area contributed by atoms with Crippen molar-refractivity contribution in [3.63, 3.8) is 0 Å². The first-order valence-corrected chi connectivity index (χ1v) is 6.07. The molecule has 0 saturated carbocycles. The predicted octanol–water partition coefficient (Wildman–Crippen LogP) is 2.64. The van der Waals surface area contributed by atoms with E-state index in [2.05, 4.69) is 6.07 Å². The molecule has 1 saturated heterocycles. The van der Waals surface area contributed by atoms with Crippen LogP contribution in [0.1, 0.15) is 30.4 Å². The summed E-state index contributed by atoms with van der Waals surface area (Å²) in [5.74, 6) is 0. The molecule has 1 heterocycles. The molecule has 1 fully saturated rings. The largest absolute Gasteiger partial charge is 0.376 e. The van der Waals surface area contributed by atoms with Crippen molar-refractivity contribution in [3.8, 4) is 6.07 Å². The minimum atomic E-state index is 0.234. The van der Waals surface area contributed by atoms with Crippen LogP contribution in [0.15, 0.2) is 24.3 Å². The third kappa shape index (κ3) is 3.55. The lowest BCUT2D eigenvalue weighted by Gasteiger charge is -2.22. The van der Waals surface area contributed by atoms with Crippen molar-refractivity contribution < 1.29 is 9.47 Å². The summed E-state index contributed by atoms with van der Waals surface area (Å²) in [4.78, 5) is 0. The van der Waals surface area contributed by atoms with Gasteiger partial charge in [-0.2, -0.15) is 5.26 Å². The molecule has 2 rings (SSSR count). The Balaban J connectivity index is 1.79. The van der Waals surface area contributed by atoms with Crippen molar-refractivity contribution in [3.05, 3.63) is 35.4 Å². The molecule has 3 heteroatoms. The highest BCUT2D eigenvalue weighted by molar-refractivity contribution is 5.36. The Bertz CT molecular complexity index is 391. The van der Waals surface area contributed by atoms with Crippen LogP contribution in [-0.2, 0) is 16.1 Å². The molecule has 0 N–H and O–H groups in total. The van der Waals surface area contributed by atoms with Gasteiger partial charge in [-0.15, -0.1) is 0 Å². The Morgan fingerprint density at radius 3 is 3.00 bits per heavy atom. The van der Waals surface area contributed by atoms with Crippen LogP contribution in [0.2, 0.25) is 0 Å². The van der Waals surface area contributed by atoms with E-state index in [0.717, 1.165) is 25.0 Å². The van der Waals surface area contributed by atoms with Gasteiger partial charge in [0, 0.05) is 6.61 Å². The minimum Gasteiger partial charge on any atom is -0.376 e. The van der Waals surface area contributed by atoms with Gasteiger partial charge < -0.3 is 9.47 Å². The summed E-state index contributed by atoms with van der Waals surface area (Å²) in [6, 6.07) is 9.71. The number of nitrogens with zero attached hydrogens (tertiary/aromatic N) is 1. The average Bonchev–Trinajstić information content (AvgIpc) is 2.40. The fraction of sp³-hybridized carbons (Fsp3) is 0.500. The highest BCUT2D eigenvalue weighted by Gasteiger charge is 2.13. The Morgan fingerprint density at radius 1 is 1.35 bits per heavy atom. The Morgan fingerprint density at radius 2 is 2.24 bits per heavy atom. The van der Waals surface area contributed by atoms with Crippen molar-refractivity contribution in [1.82, 2.24) is 0 Å². The number of nitriles is 1. The molecule has 0 radical (unpaired) electrons. The van der Waals surface area contributed by atoms with E-state index in [9.17, 15) is 0 Å². The van der Waals surface area contributed by atoms with E-state index in [1.54, 1.807) is 0 Å². The molecule has 3 nitrogen and oxygen atoms in total. The second-order valence-corrected chi connectivity index (χ2v) is 4.27. The zero-order valence-electron chi connectivity index (χ0n) is 9.89. The molecule has 1 unspecified atom stereocenters. The van der Waals surface area contributed by atoms with Gasteiger partial charge in [0.15, 0.2) is 0 Å². The monoisotopic (exact) mass is 231 g/mol. The summed E-state index contributed by atoms with van der Waals surface area (Å²) in [6.07, 6.45) is 3.70. The van der Waals surface area contributed by atoms with Gasteiger partial charge in [0.05, 0.1) is 31.0 Å². The van der Waals surface area contributed by atoms with Crippen LogP contribution >= 0.6 is 0 Å². The van der Waals surface area contributed by atoms with Crippen LogP contribution in [0.4, 0.5) is 0 Å². The number of rotatable bonds is 4. The molecule has 0 aliphatic carbocycles. The third-order valence-electron chi connectivity index (χ3n) is 2.97.